The highest BCUT2D eigenvalue weighted by Gasteiger charge is 2.33. The Morgan fingerprint density at radius 2 is 2.18 bits per heavy atom. The zero-order valence-electron chi connectivity index (χ0n) is 12.9. The molecule has 118 valence electrons. The smallest absolute Gasteiger partial charge is 0.230 e. The van der Waals surface area contributed by atoms with Crippen LogP contribution in [0, 0.1) is 0 Å². The minimum Gasteiger partial charge on any atom is -0.497 e. The van der Waals surface area contributed by atoms with Gasteiger partial charge in [-0.2, -0.15) is 0 Å². The molecule has 1 aromatic heterocycles. The normalized spacial score (nSPS) is 22.1. The van der Waals surface area contributed by atoms with Crippen LogP contribution in [0.25, 0.3) is 0 Å². The third-order valence-corrected chi connectivity index (χ3v) is 4.01. The van der Waals surface area contributed by atoms with Crippen molar-refractivity contribution in [2.75, 3.05) is 13.7 Å². The van der Waals surface area contributed by atoms with Crippen LogP contribution in [0.4, 0.5) is 0 Å². The number of hydrogen-bond acceptors (Lipinski definition) is 6. The molecule has 0 saturated carbocycles. The Kier molecular flexibility index (Phi) is 4.40. The second-order valence-corrected chi connectivity index (χ2v) is 5.55. The van der Waals surface area contributed by atoms with Crippen molar-refractivity contribution in [2.24, 2.45) is 0 Å². The monoisotopic (exact) mass is 303 g/mol. The quantitative estimate of drug-likeness (QED) is 0.910. The summed E-state index contributed by atoms with van der Waals surface area (Å²) in [7, 11) is 1.66. The SMILES string of the molecule is CCc1nnc(CN2C[C@H](O)C[C@@H]2c2cccc(OC)c2)o1. The van der Waals surface area contributed by atoms with E-state index in [-0.39, 0.29) is 12.1 Å². The molecule has 2 atom stereocenters. The second kappa shape index (κ2) is 6.46. The summed E-state index contributed by atoms with van der Waals surface area (Å²) < 4.78 is 10.9. The predicted molar refractivity (Wildman–Crippen MR) is 80.4 cm³/mol. The van der Waals surface area contributed by atoms with Crippen LogP contribution in [0.15, 0.2) is 28.7 Å². The number of aliphatic hydroxyl groups is 1. The number of likely N-dealkylation sites (tertiary alicyclic amines) is 1. The lowest BCUT2D eigenvalue weighted by molar-refractivity contribution is 0.167. The van der Waals surface area contributed by atoms with Gasteiger partial charge in [0.2, 0.25) is 11.8 Å². The highest BCUT2D eigenvalue weighted by molar-refractivity contribution is 5.31. The Morgan fingerprint density at radius 1 is 1.36 bits per heavy atom. The van der Waals surface area contributed by atoms with E-state index in [9.17, 15) is 5.11 Å². The number of aryl methyl sites for hydroxylation is 1. The van der Waals surface area contributed by atoms with E-state index in [2.05, 4.69) is 21.2 Å². The van der Waals surface area contributed by atoms with Crippen molar-refractivity contribution in [3.05, 3.63) is 41.6 Å². The Bertz CT molecular complexity index is 629. The molecule has 1 aliphatic heterocycles. The molecule has 0 aliphatic carbocycles. The van der Waals surface area contributed by atoms with E-state index in [1.807, 2.05) is 25.1 Å². The van der Waals surface area contributed by atoms with Crippen LogP contribution in [0.3, 0.4) is 0 Å². The van der Waals surface area contributed by atoms with Crippen LogP contribution in [-0.2, 0) is 13.0 Å². The molecule has 2 heterocycles. The van der Waals surface area contributed by atoms with E-state index >= 15 is 0 Å². The third-order valence-electron chi connectivity index (χ3n) is 4.01. The lowest BCUT2D eigenvalue weighted by Crippen LogP contribution is -2.24. The van der Waals surface area contributed by atoms with Gasteiger partial charge in [0.05, 0.1) is 19.8 Å². The van der Waals surface area contributed by atoms with Crippen LogP contribution in [0.2, 0.25) is 0 Å². The van der Waals surface area contributed by atoms with Crippen molar-refractivity contribution in [3.63, 3.8) is 0 Å². The van der Waals surface area contributed by atoms with Gasteiger partial charge in [0, 0.05) is 19.0 Å². The number of β-amino-alcohol motifs (C(OH)–C–C–N with tert-alkyl or cyclic N) is 1. The second-order valence-electron chi connectivity index (χ2n) is 5.55. The summed E-state index contributed by atoms with van der Waals surface area (Å²) in [6, 6.07) is 8.09. The predicted octanol–water partition coefficient (Wildman–Crippen LogP) is 1.95. The molecule has 0 radical (unpaired) electrons. The maximum Gasteiger partial charge on any atom is 0.230 e. The number of benzene rings is 1. The van der Waals surface area contributed by atoms with Gasteiger partial charge in [0.15, 0.2) is 0 Å². The minimum atomic E-state index is -0.343. The number of rotatable bonds is 5. The van der Waals surface area contributed by atoms with E-state index in [0.29, 0.717) is 31.3 Å². The molecular weight excluding hydrogens is 282 g/mol. The van der Waals surface area contributed by atoms with Gasteiger partial charge in [-0.3, -0.25) is 4.90 Å². The molecule has 0 amide bonds. The molecular formula is C16H21N3O3. The number of hydrogen-bond donors (Lipinski definition) is 1. The fourth-order valence-corrected chi connectivity index (χ4v) is 2.92. The first-order valence-corrected chi connectivity index (χ1v) is 7.57. The van der Waals surface area contributed by atoms with Gasteiger partial charge in [-0.25, -0.2) is 0 Å². The van der Waals surface area contributed by atoms with E-state index < -0.39 is 0 Å². The molecule has 1 N–H and O–H groups in total. The molecule has 2 aromatic rings. The summed E-state index contributed by atoms with van der Waals surface area (Å²) in [5, 5.41) is 18.1. The average Bonchev–Trinajstić information content (AvgIpc) is 3.14. The van der Waals surface area contributed by atoms with Crippen molar-refractivity contribution < 1.29 is 14.3 Å². The lowest BCUT2D eigenvalue weighted by atomic mass is 10.0. The number of aromatic nitrogens is 2. The van der Waals surface area contributed by atoms with Crippen molar-refractivity contribution >= 4 is 0 Å². The highest BCUT2D eigenvalue weighted by Crippen LogP contribution is 2.34. The largest absolute Gasteiger partial charge is 0.497 e. The molecule has 3 rings (SSSR count). The molecule has 1 aromatic carbocycles. The van der Waals surface area contributed by atoms with Crippen molar-refractivity contribution in [3.8, 4) is 5.75 Å². The molecule has 6 nitrogen and oxygen atoms in total. The van der Waals surface area contributed by atoms with E-state index in [1.165, 1.54) is 0 Å². The van der Waals surface area contributed by atoms with Gasteiger partial charge in [-0.1, -0.05) is 19.1 Å². The zero-order chi connectivity index (χ0) is 15.5. The van der Waals surface area contributed by atoms with Crippen LogP contribution >= 0.6 is 0 Å². The summed E-state index contributed by atoms with van der Waals surface area (Å²) in [6.07, 6.45) is 1.08. The Hall–Kier alpha value is -1.92. The number of methoxy groups -OCH3 is 1. The Labute approximate surface area is 129 Å². The fraction of sp³-hybridized carbons (Fsp3) is 0.500. The molecule has 1 aliphatic rings. The van der Waals surface area contributed by atoms with Crippen molar-refractivity contribution in [2.45, 2.75) is 38.5 Å². The summed E-state index contributed by atoms with van der Waals surface area (Å²) in [4.78, 5) is 2.17. The summed E-state index contributed by atoms with van der Waals surface area (Å²) >= 11 is 0. The number of ether oxygens (including phenoxy) is 1. The Balaban J connectivity index is 1.79. The van der Waals surface area contributed by atoms with Crippen LogP contribution < -0.4 is 4.74 Å². The van der Waals surface area contributed by atoms with Crippen molar-refractivity contribution in [1.29, 1.82) is 0 Å². The first-order valence-electron chi connectivity index (χ1n) is 7.57. The number of aliphatic hydroxyl groups excluding tert-OH is 1. The fourth-order valence-electron chi connectivity index (χ4n) is 2.92. The van der Waals surface area contributed by atoms with Gasteiger partial charge in [-0.05, 0) is 24.1 Å². The molecule has 0 unspecified atom stereocenters. The molecule has 0 spiro atoms. The van der Waals surface area contributed by atoms with Gasteiger partial charge in [-0.15, -0.1) is 10.2 Å². The summed E-state index contributed by atoms with van der Waals surface area (Å²) in [6.45, 7) is 3.13. The summed E-state index contributed by atoms with van der Waals surface area (Å²) in [5.74, 6) is 2.07. The van der Waals surface area contributed by atoms with Crippen LogP contribution in [-0.4, -0.2) is 40.0 Å². The minimum absolute atomic E-state index is 0.127. The van der Waals surface area contributed by atoms with Gasteiger partial charge < -0.3 is 14.3 Å². The molecule has 22 heavy (non-hydrogen) atoms. The topological polar surface area (TPSA) is 71.6 Å². The van der Waals surface area contributed by atoms with Gasteiger partial charge in [0.1, 0.15) is 5.75 Å². The molecule has 0 bridgehead atoms. The number of nitrogens with zero attached hydrogens (tertiary/aromatic N) is 3. The molecule has 1 saturated heterocycles. The maximum absolute atomic E-state index is 10.0. The Morgan fingerprint density at radius 3 is 2.91 bits per heavy atom. The van der Waals surface area contributed by atoms with E-state index in [4.69, 9.17) is 9.15 Å². The first-order chi connectivity index (χ1) is 10.7. The third kappa shape index (κ3) is 3.13. The van der Waals surface area contributed by atoms with E-state index in [1.54, 1.807) is 7.11 Å². The standard InChI is InChI=1S/C16H21N3O3/c1-3-15-17-18-16(22-15)10-19-9-12(20)8-14(19)11-5-4-6-13(7-11)21-2/h4-7,12,14,20H,3,8-10H2,1-2H3/t12-,14-/m1/s1. The summed E-state index contributed by atoms with van der Waals surface area (Å²) in [5.41, 5.74) is 1.13. The molecule has 6 heteroatoms. The van der Waals surface area contributed by atoms with Gasteiger partial charge in [0.25, 0.3) is 0 Å². The van der Waals surface area contributed by atoms with Crippen LogP contribution in [0.5, 0.6) is 5.75 Å². The first kappa shape index (κ1) is 15.0. The maximum atomic E-state index is 10.0. The van der Waals surface area contributed by atoms with Crippen LogP contribution in [0.1, 0.15) is 36.7 Å². The average molecular weight is 303 g/mol. The lowest BCUT2D eigenvalue weighted by Gasteiger charge is -2.23. The van der Waals surface area contributed by atoms with Gasteiger partial charge >= 0.3 is 0 Å². The van der Waals surface area contributed by atoms with E-state index in [0.717, 1.165) is 17.7 Å². The highest BCUT2D eigenvalue weighted by atomic mass is 16.5. The molecule has 1 fully saturated rings. The zero-order valence-corrected chi connectivity index (χ0v) is 12.9. The van der Waals surface area contributed by atoms with Crippen molar-refractivity contribution in [1.82, 2.24) is 15.1 Å².